The lowest BCUT2D eigenvalue weighted by atomic mass is 10.1. The number of hydrogen-bond acceptors (Lipinski definition) is 3. The van der Waals surface area contributed by atoms with Gasteiger partial charge in [0, 0.05) is 30.6 Å². The summed E-state index contributed by atoms with van der Waals surface area (Å²) in [7, 11) is 0. The minimum absolute atomic E-state index is 0.650. The van der Waals surface area contributed by atoms with Crippen molar-refractivity contribution in [1.29, 1.82) is 0 Å². The third kappa shape index (κ3) is 5.90. The van der Waals surface area contributed by atoms with E-state index in [0.29, 0.717) is 6.04 Å². The van der Waals surface area contributed by atoms with Crippen LogP contribution in [0.1, 0.15) is 44.5 Å². The molecule has 0 aliphatic heterocycles. The van der Waals surface area contributed by atoms with Gasteiger partial charge in [0.25, 0.3) is 0 Å². The van der Waals surface area contributed by atoms with Crippen LogP contribution < -0.4 is 5.32 Å². The lowest BCUT2D eigenvalue weighted by Crippen LogP contribution is -2.27. The van der Waals surface area contributed by atoms with Crippen LogP contribution in [0, 0.1) is 0 Å². The maximum absolute atomic E-state index is 4.27. The van der Waals surface area contributed by atoms with Crippen LogP contribution in [0.15, 0.2) is 11.6 Å². The largest absolute Gasteiger partial charge is 0.314 e. The SMILES string of the molecule is CCCCCC(C)NCCc1nccs1. The molecule has 1 unspecified atom stereocenters. The number of unbranched alkanes of at least 4 members (excludes halogenated alkanes) is 2. The lowest BCUT2D eigenvalue weighted by molar-refractivity contribution is 0.490. The molecule has 86 valence electrons. The predicted octanol–water partition coefficient (Wildman–Crippen LogP) is 3.24. The third-order valence-electron chi connectivity index (χ3n) is 2.56. The maximum Gasteiger partial charge on any atom is 0.0937 e. The van der Waals surface area contributed by atoms with Crippen LogP contribution in [0.3, 0.4) is 0 Å². The fraction of sp³-hybridized carbons (Fsp3) is 0.750. The number of hydrogen-bond donors (Lipinski definition) is 1. The molecule has 0 bridgehead atoms. The van der Waals surface area contributed by atoms with Gasteiger partial charge < -0.3 is 5.32 Å². The summed E-state index contributed by atoms with van der Waals surface area (Å²) in [5, 5.41) is 6.83. The van der Waals surface area contributed by atoms with E-state index >= 15 is 0 Å². The van der Waals surface area contributed by atoms with Crippen molar-refractivity contribution >= 4 is 11.3 Å². The summed E-state index contributed by atoms with van der Waals surface area (Å²) in [4.78, 5) is 4.27. The average molecular weight is 226 g/mol. The molecule has 0 saturated heterocycles. The van der Waals surface area contributed by atoms with Crippen molar-refractivity contribution in [1.82, 2.24) is 10.3 Å². The summed E-state index contributed by atoms with van der Waals surface area (Å²) >= 11 is 1.74. The second kappa shape index (κ2) is 7.83. The van der Waals surface area contributed by atoms with Crippen molar-refractivity contribution in [2.75, 3.05) is 6.54 Å². The normalized spacial score (nSPS) is 12.9. The Hall–Kier alpha value is -0.410. The molecular formula is C12H22N2S. The standard InChI is InChI=1S/C12H22N2S/c1-3-4-5-6-11(2)13-8-7-12-14-9-10-15-12/h9-11,13H,3-8H2,1-2H3. The summed E-state index contributed by atoms with van der Waals surface area (Å²) in [6.07, 6.45) is 8.26. The average Bonchev–Trinajstić information content (AvgIpc) is 2.71. The Balaban J connectivity index is 1.99. The van der Waals surface area contributed by atoms with Crippen molar-refractivity contribution in [3.8, 4) is 0 Å². The molecule has 0 saturated carbocycles. The molecule has 0 spiro atoms. The topological polar surface area (TPSA) is 24.9 Å². The Labute approximate surface area is 97.1 Å². The molecule has 1 rings (SSSR count). The quantitative estimate of drug-likeness (QED) is 0.688. The molecule has 1 aromatic heterocycles. The van der Waals surface area contributed by atoms with Crippen molar-refractivity contribution < 1.29 is 0 Å². The van der Waals surface area contributed by atoms with Crippen molar-refractivity contribution in [3.05, 3.63) is 16.6 Å². The Bertz CT molecular complexity index is 234. The molecule has 0 aromatic carbocycles. The smallest absolute Gasteiger partial charge is 0.0937 e. The van der Waals surface area contributed by atoms with Crippen LogP contribution in [0.2, 0.25) is 0 Å². The first-order valence-electron chi connectivity index (χ1n) is 5.94. The van der Waals surface area contributed by atoms with E-state index in [-0.39, 0.29) is 0 Å². The lowest BCUT2D eigenvalue weighted by Gasteiger charge is -2.12. The molecule has 1 atom stereocenters. The molecule has 0 aliphatic rings. The molecule has 15 heavy (non-hydrogen) atoms. The van der Waals surface area contributed by atoms with E-state index in [1.54, 1.807) is 11.3 Å². The monoisotopic (exact) mass is 226 g/mol. The second-order valence-corrected chi connectivity index (χ2v) is 5.01. The molecular weight excluding hydrogens is 204 g/mol. The van der Waals surface area contributed by atoms with Gasteiger partial charge in [-0.1, -0.05) is 26.2 Å². The second-order valence-electron chi connectivity index (χ2n) is 4.03. The van der Waals surface area contributed by atoms with Gasteiger partial charge >= 0.3 is 0 Å². The molecule has 0 fully saturated rings. The van der Waals surface area contributed by atoms with Gasteiger partial charge in [-0.3, -0.25) is 0 Å². The van der Waals surface area contributed by atoms with Crippen LogP contribution in [0.5, 0.6) is 0 Å². The highest BCUT2D eigenvalue weighted by molar-refractivity contribution is 7.09. The molecule has 0 aliphatic carbocycles. The zero-order valence-electron chi connectivity index (χ0n) is 9.83. The van der Waals surface area contributed by atoms with Gasteiger partial charge in [0.15, 0.2) is 0 Å². The Morgan fingerprint density at radius 1 is 1.47 bits per heavy atom. The number of thiazole rings is 1. The summed E-state index contributed by atoms with van der Waals surface area (Å²) < 4.78 is 0. The van der Waals surface area contributed by atoms with Crippen LogP contribution in [0.4, 0.5) is 0 Å². The fourth-order valence-electron chi connectivity index (χ4n) is 1.60. The van der Waals surface area contributed by atoms with Crippen LogP contribution in [-0.2, 0) is 6.42 Å². The third-order valence-corrected chi connectivity index (χ3v) is 3.40. The van der Waals surface area contributed by atoms with Crippen LogP contribution in [0.25, 0.3) is 0 Å². The molecule has 3 heteroatoms. The highest BCUT2D eigenvalue weighted by Crippen LogP contribution is 2.05. The Morgan fingerprint density at radius 2 is 2.33 bits per heavy atom. The van der Waals surface area contributed by atoms with E-state index < -0.39 is 0 Å². The molecule has 1 aromatic rings. The minimum atomic E-state index is 0.650. The van der Waals surface area contributed by atoms with Crippen molar-refractivity contribution in [2.24, 2.45) is 0 Å². The Morgan fingerprint density at radius 3 is 3.00 bits per heavy atom. The van der Waals surface area contributed by atoms with Gasteiger partial charge in [-0.25, -0.2) is 4.98 Å². The highest BCUT2D eigenvalue weighted by Gasteiger charge is 2.01. The fourth-order valence-corrected chi connectivity index (χ4v) is 2.22. The Kier molecular flexibility index (Phi) is 6.60. The summed E-state index contributed by atoms with van der Waals surface area (Å²) in [5.41, 5.74) is 0. The van der Waals surface area contributed by atoms with Crippen LogP contribution >= 0.6 is 11.3 Å². The predicted molar refractivity (Wildman–Crippen MR) is 67.4 cm³/mol. The van der Waals surface area contributed by atoms with Gasteiger partial charge in [0.2, 0.25) is 0 Å². The summed E-state index contributed by atoms with van der Waals surface area (Å²) in [5.74, 6) is 0. The summed E-state index contributed by atoms with van der Waals surface area (Å²) in [6, 6.07) is 0.650. The zero-order chi connectivity index (χ0) is 10.9. The molecule has 0 radical (unpaired) electrons. The van der Waals surface area contributed by atoms with Crippen LogP contribution in [-0.4, -0.2) is 17.6 Å². The highest BCUT2D eigenvalue weighted by atomic mass is 32.1. The molecule has 1 N–H and O–H groups in total. The van der Waals surface area contributed by atoms with Gasteiger partial charge in [-0.05, 0) is 13.3 Å². The maximum atomic E-state index is 4.27. The molecule has 0 amide bonds. The summed E-state index contributed by atoms with van der Waals surface area (Å²) in [6.45, 7) is 5.58. The number of aromatic nitrogens is 1. The van der Waals surface area contributed by atoms with E-state index in [9.17, 15) is 0 Å². The van der Waals surface area contributed by atoms with E-state index in [0.717, 1.165) is 13.0 Å². The van der Waals surface area contributed by atoms with Gasteiger partial charge in [0.05, 0.1) is 5.01 Å². The van der Waals surface area contributed by atoms with E-state index in [1.807, 2.05) is 11.6 Å². The zero-order valence-corrected chi connectivity index (χ0v) is 10.6. The first-order valence-corrected chi connectivity index (χ1v) is 6.82. The first kappa shape index (κ1) is 12.7. The first-order chi connectivity index (χ1) is 7.33. The van der Waals surface area contributed by atoms with Gasteiger partial charge in [-0.15, -0.1) is 11.3 Å². The molecule has 1 heterocycles. The van der Waals surface area contributed by atoms with Gasteiger partial charge in [0.1, 0.15) is 0 Å². The number of rotatable bonds is 8. The van der Waals surface area contributed by atoms with E-state index in [2.05, 4.69) is 24.1 Å². The number of nitrogens with zero attached hydrogens (tertiary/aromatic N) is 1. The number of nitrogens with one attached hydrogen (secondary N) is 1. The van der Waals surface area contributed by atoms with Crippen molar-refractivity contribution in [3.63, 3.8) is 0 Å². The molecule has 2 nitrogen and oxygen atoms in total. The van der Waals surface area contributed by atoms with E-state index in [4.69, 9.17) is 0 Å². The van der Waals surface area contributed by atoms with Crippen molar-refractivity contribution in [2.45, 2.75) is 52.0 Å². The minimum Gasteiger partial charge on any atom is -0.314 e. The van der Waals surface area contributed by atoms with E-state index in [1.165, 1.54) is 30.7 Å². The van der Waals surface area contributed by atoms with Gasteiger partial charge in [-0.2, -0.15) is 0 Å².